The standard InChI is InChI=1S/C19H28N2O5S/c1-3-21(4-2)27(25,26)15-11-8-14(9-12-15)10-13-18(22)20-17-7-5-6-16(17)19(23)24/h8-9,11-12,16-17H,3-7,10,13H2,1-2H3,(H,20,22)(H,23,24)/t16-,17+/m0/s1. The van der Waals surface area contributed by atoms with Crippen molar-refractivity contribution in [2.75, 3.05) is 13.1 Å². The molecule has 1 aromatic rings. The van der Waals surface area contributed by atoms with E-state index in [9.17, 15) is 18.0 Å². The first kappa shape index (κ1) is 21.4. The Balaban J connectivity index is 1.91. The van der Waals surface area contributed by atoms with Crippen LogP contribution in [0.1, 0.15) is 45.1 Å². The highest BCUT2D eigenvalue weighted by molar-refractivity contribution is 7.89. The number of amides is 1. The molecule has 2 N–H and O–H groups in total. The zero-order valence-corrected chi connectivity index (χ0v) is 16.7. The third-order valence-electron chi connectivity index (χ3n) is 5.09. The second-order valence-corrected chi connectivity index (χ2v) is 8.72. The van der Waals surface area contributed by atoms with Gasteiger partial charge in [-0.3, -0.25) is 9.59 Å². The van der Waals surface area contributed by atoms with Gasteiger partial charge in [-0.25, -0.2) is 8.42 Å². The molecule has 0 bridgehead atoms. The predicted octanol–water partition coefficient (Wildman–Crippen LogP) is 2.02. The smallest absolute Gasteiger partial charge is 0.308 e. The van der Waals surface area contributed by atoms with Crippen molar-refractivity contribution in [1.82, 2.24) is 9.62 Å². The second-order valence-electron chi connectivity index (χ2n) is 6.78. The van der Waals surface area contributed by atoms with Crippen molar-refractivity contribution in [3.63, 3.8) is 0 Å². The third kappa shape index (κ3) is 5.29. The lowest BCUT2D eigenvalue weighted by Gasteiger charge is -2.18. The summed E-state index contributed by atoms with van der Waals surface area (Å²) in [6, 6.07) is 6.28. The van der Waals surface area contributed by atoms with Crippen molar-refractivity contribution in [2.24, 2.45) is 5.92 Å². The molecular weight excluding hydrogens is 368 g/mol. The maximum absolute atomic E-state index is 12.5. The molecule has 2 rings (SSSR count). The molecule has 0 radical (unpaired) electrons. The molecule has 150 valence electrons. The lowest BCUT2D eigenvalue weighted by Crippen LogP contribution is -2.40. The van der Waals surface area contributed by atoms with E-state index in [2.05, 4.69) is 5.32 Å². The van der Waals surface area contributed by atoms with Crippen LogP contribution >= 0.6 is 0 Å². The molecule has 1 aliphatic carbocycles. The number of sulfonamides is 1. The van der Waals surface area contributed by atoms with E-state index >= 15 is 0 Å². The number of rotatable bonds is 9. The average Bonchev–Trinajstić information content (AvgIpc) is 3.09. The summed E-state index contributed by atoms with van der Waals surface area (Å²) in [5.41, 5.74) is 0.866. The Morgan fingerprint density at radius 3 is 2.33 bits per heavy atom. The summed E-state index contributed by atoms with van der Waals surface area (Å²) < 4.78 is 26.3. The maximum Gasteiger partial charge on any atom is 0.308 e. The topological polar surface area (TPSA) is 104 Å². The van der Waals surface area contributed by atoms with Gasteiger partial charge in [0.2, 0.25) is 15.9 Å². The molecule has 0 saturated heterocycles. The number of aryl methyl sites for hydroxylation is 1. The lowest BCUT2D eigenvalue weighted by molar-refractivity contribution is -0.142. The van der Waals surface area contributed by atoms with Crippen molar-refractivity contribution in [3.8, 4) is 0 Å². The summed E-state index contributed by atoms with van der Waals surface area (Å²) >= 11 is 0. The number of carboxylic acids is 1. The van der Waals surface area contributed by atoms with Crippen LogP contribution in [-0.4, -0.2) is 48.8 Å². The molecular formula is C19H28N2O5S. The van der Waals surface area contributed by atoms with Gasteiger partial charge in [0.05, 0.1) is 10.8 Å². The number of nitrogens with zero attached hydrogens (tertiary/aromatic N) is 1. The molecule has 0 aliphatic heterocycles. The van der Waals surface area contributed by atoms with Gasteiger partial charge in [-0.2, -0.15) is 4.31 Å². The molecule has 0 aromatic heterocycles. The monoisotopic (exact) mass is 396 g/mol. The van der Waals surface area contributed by atoms with Crippen molar-refractivity contribution in [2.45, 2.75) is 56.9 Å². The van der Waals surface area contributed by atoms with E-state index in [1.54, 1.807) is 38.1 Å². The minimum Gasteiger partial charge on any atom is -0.481 e. The molecule has 2 atom stereocenters. The van der Waals surface area contributed by atoms with Crippen LogP contribution < -0.4 is 5.32 Å². The van der Waals surface area contributed by atoms with E-state index in [0.717, 1.165) is 12.0 Å². The number of nitrogens with one attached hydrogen (secondary N) is 1. The van der Waals surface area contributed by atoms with Gasteiger partial charge in [-0.1, -0.05) is 32.4 Å². The Bertz CT molecular complexity index is 757. The summed E-state index contributed by atoms with van der Waals surface area (Å²) in [6.45, 7) is 4.43. The van der Waals surface area contributed by atoms with E-state index in [1.165, 1.54) is 4.31 Å². The van der Waals surface area contributed by atoms with Gasteiger partial charge in [0.15, 0.2) is 0 Å². The van der Waals surface area contributed by atoms with Crippen molar-refractivity contribution in [1.29, 1.82) is 0 Å². The van der Waals surface area contributed by atoms with Crippen LogP contribution in [0.15, 0.2) is 29.2 Å². The number of aliphatic carboxylic acids is 1. The molecule has 1 fully saturated rings. The van der Waals surface area contributed by atoms with Crippen molar-refractivity contribution < 1.29 is 23.1 Å². The molecule has 27 heavy (non-hydrogen) atoms. The Kier molecular flexibility index (Phi) is 7.38. The fourth-order valence-corrected chi connectivity index (χ4v) is 4.96. The molecule has 0 unspecified atom stereocenters. The van der Waals surface area contributed by atoms with Gasteiger partial charge < -0.3 is 10.4 Å². The summed E-state index contributed by atoms with van der Waals surface area (Å²) in [5.74, 6) is -1.53. The first-order valence-electron chi connectivity index (χ1n) is 9.40. The number of hydrogen-bond acceptors (Lipinski definition) is 4. The minimum absolute atomic E-state index is 0.173. The summed E-state index contributed by atoms with van der Waals surface area (Å²) in [4.78, 5) is 23.5. The van der Waals surface area contributed by atoms with Crippen LogP contribution in [0.2, 0.25) is 0 Å². The van der Waals surface area contributed by atoms with Crippen LogP contribution in [0, 0.1) is 5.92 Å². The highest BCUT2D eigenvalue weighted by atomic mass is 32.2. The molecule has 1 amide bonds. The Labute approximate surface area is 160 Å². The molecule has 1 aromatic carbocycles. The minimum atomic E-state index is -3.48. The highest BCUT2D eigenvalue weighted by Gasteiger charge is 2.33. The molecule has 8 heteroatoms. The van der Waals surface area contributed by atoms with Crippen LogP contribution in [0.4, 0.5) is 0 Å². The van der Waals surface area contributed by atoms with E-state index in [0.29, 0.717) is 32.4 Å². The molecule has 7 nitrogen and oxygen atoms in total. The van der Waals surface area contributed by atoms with Gasteiger partial charge in [0, 0.05) is 25.6 Å². The Hall–Kier alpha value is -1.93. The van der Waals surface area contributed by atoms with Gasteiger partial charge in [0.1, 0.15) is 0 Å². The number of carbonyl (C=O) groups excluding carboxylic acids is 1. The normalized spacial score (nSPS) is 20.0. The highest BCUT2D eigenvalue weighted by Crippen LogP contribution is 2.26. The summed E-state index contributed by atoms with van der Waals surface area (Å²) in [7, 11) is -3.48. The number of hydrogen-bond donors (Lipinski definition) is 2. The fraction of sp³-hybridized carbons (Fsp3) is 0.579. The average molecular weight is 397 g/mol. The maximum atomic E-state index is 12.5. The molecule has 1 saturated carbocycles. The fourth-order valence-electron chi connectivity index (χ4n) is 3.51. The van der Waals surface area contributed by atoms with Crippen LogP contribution in [0.5, 0.6) is 0 Å². The van der Waals surface area contributed by atoms with Crippen LogP contribution in [0.25, 0.3) is 0 Å². The quantitative estimate of drug-likeness (QED) is 0.665. The largest absolute Gasteiger partial charge is 0.481 e. The van der Waals surface area contributed by atoms with Crippen LogP contribution in [-0.2, 0) is 26.0 Å². The zero-order valence-electron chi connectivity index (χ0n) is 15.8. The van der Waals surface area contributed by atoms with Crippen LogP contribution in [0.3, 0.4) is 0 Å². The first-order chi connectivity index (χ1) is 12.8. The molecule has 1 aliphatic rings. The summed E-state index contributed by atoms with van der Waals surface area (Å²) in [5, 5.41) is 12.0. The van der Waals surface area contributed by atoms with Crippen molar-refractivity contribution >= 4 is 21.9 Å². The lowest BCUT2D eigenvalue weighted by atomic mass is 10.0. The summed E-state index contributed by atoms with van der Waals surface area (Å²) in [6.07, 6.45) is 2.82. The van der Waals surface area contributed by atoms with Gasteiger partial charge in [0.25, 0.3) is 0 Å². The van der Waals surface area contributed by atoms with Gasteiger partial charge in [-0.05, 0) is 37.0 Å². The number of carbonyl (C=O) groups is 2. The number of carboxylic acid groups (broad SMARTS) is 1. The molecule has 0 heterocycles. The first-order valence-corrected chi connectivity index (χ1v) is 10.8. The Morgan fingerprint density at radius 1 is 1.15 bits per heavy atom. The van der Waals surface area contributed by atoms with Crippen molar-refractivity contribution in [3.05, 3.63) is 29.8 Å². The second kappa shape index (κ2) is 9.32. The zero-order chi connectivity index (χ0) is 20.0. The molecule has 0 spiro atoms. The van der Waals surface area contributed by atoms with Gasteiger partial charge in [-0.15, -0.1) is 0 Å². The third-order valence-corrected chi connectivity index (χ3v) is 7.15. The van der Waals surface area contributed by atoms with E-state index < -0.39 is 21.9 Å². The number of benzene rings is 1. The van der Waals surface area contributed by atoms with Gasteiger partial charge >= 0.3 is 5.97 Å². The van der Waals surface area contributed by atoms with E-state index in [4.69, 9.17) is 5.11 Å². The Morgan fingerprint density at radius 2 is 1.78 bits per heavy atom. The predicted molar refractivity (Wildman–Crippen MR) is 102 cm³/mol. The SMILES string of the molecule is CCN(CC)S(=O)(=O)c1ccc(CCC(=O)N[C@@H]2CCC[C@@H]2C(=O)O)cc1. The van der Waals surface area contributed by atoms with E-state index in [1.807, 2.05) is 0 Å². The van der Waals surface area contributed by atoms with E-state index in [-0.39, 0.29) is 23.3 Å².